The van der Waals surface area contributed by atoms with Gasteiger partial charge in [0, 0.05) is 12.6 Å². The molecule has 0 saturated carbocycles. The Morgan fingerprint density at radius 2 is 1.93 bits per heavy atom. The van der Waals surface area contributed by atoms with Gasteiger partial charge >= 0.3 is 0 Å². The van der Waals surface area contributed by atoms with Crippen LogP contribution in [0.25, 0.3) is 10.9 Å². The molecule has 0 aliphatic carbocycles. The number of nitrogens with one attached hydrogen (secondary N) is 1. The van der Waals surface area contributed by atoms with E-state index in [9.17, 15) is 9.59 Å². The van der Waals surface area contributed by atoms with Gasteiger partial charge in [0.2, 0.25) is 5.91 Å². The molecule has 0 radical (unpaired) electrons. The molecule has 3 rings (SSSR count). The molecule has 0 fully saturated rings. The Labute approximate surface area is 180 Å². The van der Waals surface area contributed by atoms with E-state index in [1.165, 1.54) is 11.8 Å². The molecule has 158 valence electrons. The normalized spacial score (nSPS) is 12.0. The first-order valence-electron chi connectivity index (χ1n) is 10.1. The Bertz CT molecular complexity index is 1060. The van der Waals surface area contributed by atoms with Gasteiger partial charge < -0.3 is 10.1 Å². The Kier molecular flexibility index (Phi) is 7.52. The van der Waals surface area contributed by atoms with Gasteiger partial charge in [-0.3, -0.25) is 14.2 Å². The van der Waals surface area contributed by atoms with E-state index in [0.717, 1.165) is 24.2 Å². The number of ether oxygens (including phenoxy) is 1. The van der Waals surface area contributed by atoms with Gasteiger partial charge in [0.15, 0.2) is 5.16 Å². The van der Waals surface area contributed by atoms with Gasteiger partial charge in [0.1, 0.15) is 5.75 Å². The molecule has 7 heteroatoms. The van der Waals surface area contributed by atoms with Crippen LogP contribution in [0.3, 0.4) is 0 Å². The molecule has 0 spiro atoms. The number of amides is 1. The van der Waals surface area contributed by atoms with Crippen molar-refractivity contribution in [3.63, 3.8) is 0 Å². The molecule has 2 aromatic carbocycles. The van der Waals surface area contributed by atoms with Crippen LogP contribution in [0.1, 0.15) is 31.9 Å². The largest absolute Gasteiger partial charge is 0.497 e. The number of aromatic nitrogens is 2. The molecule has 3 aromatic rings. The van der Waals surface area contributed by atoms with Crippen LogP contribution < -0.4 is 15.6 Å². The second-order valence-electron chi connectivity index (χ2n) is 7.08. The van der Waals surface area contributed by atoms with Crippen molar-refractivity contribution >= 4 is 28.6 Å². The summed E-state index contributed by atoms with van der Waals surface area (Å²) >= 11 is 1.30. The Hall–Kier alpha value is -2.80. The number of rotatable bonds is 9. The van der Waals surface area contributed by atoms with Gasteiger partial charge in [-0.15, -0.1) is 0 Å². The Balaban J connectivity index is 1.64. The van der Waals surface area contributed by atoms with Gasteiger partial charge in [0.25, 0.3) is 5.56 Å². The summed E-state index contributed by atoms with van der Waals surface area (Å²) in [5, 5.41) is 4.12. The minimum absolute atomic E-state index is 0.00948. The van der Waals surface area contributed by atoms with E-state index in [4.69, 9.17) is 4.74 Å². The predicted molar refractivity (Wildman–Crippen MR) is 121 cm³/mol. The van der Waals surface area contributed by atoms with E-state index in [1.807, 2.05) is 56.3 Å². The molecule has 6 nitrogen and oxygen atoms in total. The fraction of sp³-hybridized carbons (Fsp3) is 0.348. The van der Waals surface area contributed by atoms with Crippen molar-refractivity contribution < 1.29 is 9.53 Å². The monoisotopic (exact) mass is 425 g/mol. The first kappa shape index (κ1) is 21.9. The number of carbonyl (C=O) groups is 1. The maximum absolute atomic E-state index is 13.0. The number of thioether (sulfide) groups is 1. The quantitative estimate of drug-likeness (QED) is 0.417. The molecule has 1 aromatic heterocycles. The van der Waals surface area contributed by atoms with Crippen molar-refractivity contribution in [3.05, 3.63) is 64.4 Å². The van der Waals surface area contributed by atoms with E-state index in [0.29, 0.717) is 22.6 Å². The molecule has 1 atom stereocenters. The third-order valence-electron chi connectivity index (χ3n) is 5.03. The van der Waals surface area contributed by atoms with Crippen LogP contribution in [0.2, 0.25) is 0 Å². The van der Waals surface area contributed by atoms with E-state index in [-0.39, 0.29) is 23.3 Å². The fourth-order valence-electron chi connectivity index (χ4n) is 3.12. The number of carbonyl (C=O) groups excluding carboxylic acids is 1. The van der Waals surface area contributed by atoms with Gasteiger partial charge in [-0.05, 0) is 49.6 Å². The Morgan fingerprint density at radius 1 is 1.20 bits per heavy atom. The summed E-state index contributed by atoms with van der Waals surface area (Å²) in [6.07, 6.45) is 1.55. The summed E-state index contributed by atoms with van der Waals surface area (Å²) in [5.41, 5.74) is 1.73. The molecule has 0 saturated heterocycles. The summed E-state index contributed by atoms with van der Waals surface area (Å²) in [4.78, 5) is 30.0. The zero-order valence-corrected chi connectivity index (χ0v) is 18.4. The van der Waals surface area contributed by atoms with Crippen molar-refractivity contribution in [2.45, 2.75) is 37.9 Å². The highest BCUT2D eigenvalue weighted by Crippen LogP contribution is 2.22. The number of methoxy groups -OCH3 is 1. The lowest BCUT2D eigenvalue weighted by Crippen LogP contribution is -2.29. The highest BCUT2D eigenvalue weighted by molar-refractivity contribution is 7.99. The molecule has 30 heavy (non-hydrogen) atoms. The van der Waals surface area contributed by atoms with Gasteiger partial charge in [-0.25, -0.2) is 4.98 Å². The molecule has 1 amide bonds. The lowest BCUT2D eigenvalue weighted by atomic mass is 10.1. The van der Waals surface area contributed by atoms with Crippen LogP contribution in [0, 0.1) is 0 Å². The van der Waals surface area contributed by atoms with Crippen molar-refractivity contribution in [3.8, 4) is 5.75 Å². The highest BCUT2D eigenvalue weighted by atomic mass is 32.2. The Morgan fingerprint density at radius 3 is 2.63 bits per heavy atom. The van der Waals surface area contributed by atoms with Crippen LogP contribution in [0.5, 0.6) is 5.75 Å². The fourth-order valence-corrected chi connectivity index (χ4v) is 4.05. The predicted octanol–water partition coefficient (Wildman–Crippen LogP) is 3.83. The van der Waals surface area contributed by atoms with Crippen molar-refractivity contribution in [2.24, 2.45) is 0 Å². The highest BCUT2D eigenvalue weighted by Gasteiger charge is 2.16. The van der Waals surface area contributed by atoms with Crippen LogP contribution in [-0.4, -0.2) is 34.9 Å². The molecule has 0 aliphatic heterocycles. The minimum Gasteiger partial charge on any atom is -0.497 e. The summed E-state index contributed by atoms with van der Waals surface area (Å²) in [7, 11) is 1.64. The van der Waals surface area contributed by atoms with Crippen molar-refractivity contribution in [2.75, 3.05) is 19.4 Å². The number of hydrogen-bond acceptors (Lipinski definition) is 5. The van der Waals surface area contributed by atoms with E-state index in [1.54, 1.807) is 17.7 Å². The van der Waals surface area contributed by atoms with E-state index in [2.05, 4.69) is 10.3 Å². The molecule has 0 bridgehead atoms. The van der Waals surface area contributed by atoms with E-state index < -0.39 is 0 Å². The topological polar surface area (TPSA) is 73.2 Å². The van der Waals surface area contributed by atoms with Crippen LogP contribution in [-0.2, 0) is 11.2 Å². The summed E-state index contributed by atoms with van der Waals surface area (Å²) in [6.45, 7) is 4.58. The number of nitrogens with zero attached hydrogens (tertiary/aromatic N) is 2. The zero-order valence-electron chi connectivity index (χ0n) is 17.6. The average Bonchev–Trinajstić information content (AvgIpc) is 2.78. The smallest absolute Gasteiger partial charge is 0.262 e. The molecule has 1 N–H and O–H groups in total. The van der Waals surface area contributed by atoms with Crippen LogP contribution >= 0.6 is 11.8 Å². The van der Waals surface area contributed by atoms with E-state index >= 15 is 0 Å². The maximum atomic E-state index is 13.0. The second-order valence-corrected chi connectivity index (χ2v) is 8.02. The second kappa shape index (κ2) is 10.3. The zero-order chi connectivity index (χ0) is 21.5. The minimum atomic E-state index is -0.0772. The third-order valence-corrected chi connectivity index (χ3v) is 5.99. The number of hydrogen-bond donors (Lipinski definition) is 1. The van der Waals surface area contributed by atoms with Crippen molar-refractivity contribution in [1.82, 2.24) is 14.9 Å². The SMILES string of the molecule is CC[C@H](C)n1c(SCC(=O)NCCc2ccc(OC)cc2)nc2ccccc2c1=O. The van der Waals surface area contributed by atoms with Crippen molar-refractivity contribution in [1.29, 1.82) is 0 Å². The number of fused-ring (bicyclic) bond motifs is 1. The van der Waals surface area contributed by atoms with Crippen LogP contribution in [0.15, 0.2) is 58.5 Å². The standard InChI is InChI=1S/C23H27N3O3S/c1-4-16(2)26-22(28)19-7-5-6-8-20(19)25-23(26)30-15-21(27)24-14-13-17-9-11-18(29-3)12-10-17/h5-12,16H,4,13-15H2,1-3H3,(H,24,27)/t16-/m0/s1. The summed E-state index contributed by atoms with van der Waals surface area (Å²) < 4.78 is 6.86. The summed E-state index contributed by atoms with van der Waals surface area (Å²) in [6, 6.07) is 15.1. The maximum Gasteiger partial charge on any atom is 0.262 e. The van der Waals surface area contributed by atoms with Gasteiger partial charge in [0.05, 0.1) is 23.8 Å². The third kappa shape index (κ3) is 5.21. The lowest BCUT2D eigenvalue weighted by molar-refractivity contribution is -0.118. The number of para-hydroxylation sites is 1. The molecule has 1 heterocycles. The van der Waals surface area contributed by atoms with Crippen LogP contribution in [0.4, 0.5) is 0 Å². The lowest BCUT2D eigenvalue weighted by Gasteiger charge is -2.18. The first-order chi connectivity index (χ1) is 14.5. The molecule has 0 unspecified atom stereocenters. The molecular formula is C23H27N3O3S. The van der Waals surface area contributed by atoms with Gasteiger partial charge in [-0.2, -0.15) is 0 Å². The molecule has 0 aliphatic rings. The molecular weight excluding hydrogens is 398 g/mol. The first-order valence-corrected chi connectivity index (χ1v) is 11.1. The number of benzene rings is 2. The average molecular weight is 426 g/mol. The van der Waals surface area contributed by atoms with Gasteiger partial charge in [-0.1, -0.05) is 43.0 Å². The summed E-state index contributed by atoms with van der Waals surface area (Å²) in [5.74, 6) is 0.949.